The molecular formula is C19H23N3OS. The van der Waals surface area contributed by atoms with Crippen LogP contribution in [0.3, 0.4) is 0 Å². The van der Waals surface area contributed by atoms with Crippen molar-refractivity contribution >= 4 is 23.1 Å². The summed E-state index contributed by atoms with van der Waals surface area (Å²) in [5.74, 6) is 1.60. The van der Waals surface area contributed by atoms with Crippen LogP contribution in [0.15, 0.2) is 58.7 Å². The molecule has 2 rings (SSSR count). The molecule has 0 fully saturated rings. The van der Waals surface area contributed by atoms with E-state index < -0.39 is 0 Å². The van der Waals surface area contributed by atoms with Crippen molar-refractivity contribution in [2.75, 3.05) is 6.61 Å². The molecule has 0 amide bonds. The average Bonchev–Trinajstić information content (AvgIpc) is 2.60. The number of thioether (sulfide) groups is 1. The molecule has 2 aromatic rings. The molecule has 0 saturated heterocycles. The standard InChI is InChI=1S/C19H23N3OS/c1-3-11-23-18-10-9-15(2)12-17(18)13-21-22-19(20)24-14-16-7-5-4-6-8-16/h4-10,12-13H,3,11,14H2,1-2H3,(H2,20,22). The van der Waals surface area contributed by atoms with Crippen LogP contribution in [0, 0.1) is 6.92 Å². The minimum absolute atomic E-state index is 0.443. The molecule has 0 radical (unpaired) electrons. The SMILES string of the molecule is CCCOc1ccc(C)cc1C=NN=C(N)SCc1ccccc1. The third-order valence-electron chi connectivity index (χ3n) is 3.21. The van der Waals surface area contributed by atoms with E-state index in [-0.39, 0.29) is 0 Å². The molecule has 0 saturated carbocycles. The summed E-state index contributed by atoms with van der Waals surface area (Å²) in [6, 6.07) is 16.2. The Bertz CT molecular complexity index is 699. The second-order valence-electron chi connectivity index (χ2n) is 5.35. The van der Waals surface area contributed by atoms with E-state index in [1.807, 2.05) is 43.3 Å². The molecule has 0 spiro atoms. The van der Waals surface area contributed by atoms with Gasteiger partial charge in [-0.25, -0.2) is 0 Å². The number of hydrogen-bond donors (Lipinski definition) is 1. The lowest BCUT2D eigenvalue weighted by molar-refractivity contribution is 0.317. The van der Waals surface area contributed by atoms with Gasteiger partial charge in [-0.2, -0.15) is 5.10 Å². The molecular weight excluding hydrogens is 318 g/mol. The van der Waals surface area contributed by atoms with E-state index in [1.54, 1.807) is 6.21 Å². The number of hydrogen-bond acceptors (Lipinski definition) is 4. The zero-order valence-corrected chi connectivity index (χ0v) is 14.9. The fraction of sp³-hybridized carbons (Fsp3) is 0.263. The highest BCUT2D eigenvalue weighted by Gasteiger charge is 2.02. The Morgan fingerprint density at radius 3 is 2.75 bits per heavy atom. The molecule has 5 heteroatoms. The van der Waals surface area contributed by atoms with Gasteiger partial charge in [0.15, 0.2) is 5.17 Å². The third-order valence-corrected chi connectivity index (χ3v) is 4.06. The summed E-state index contributed by atoms with van der Waals surface area (Å²) in [5.41, 5.74) is 9.17. The molecule has 2 aromatic carbocycles. The van der Waals surface area contributed by atoms with Crippen molar-refractivity contribution in [2.24, 2.45) is 15.9 Å². The summed E-state index contributed by atoms with van der Waals surface area (Å²) in [5, 5.41) is 8.60. The highest BCUT2D eigenvalue weighted by Crippen LogP contribution is 2.19. The van der Waals surface area contributed by atoms with Crippen molar-refractivity contribution in [3.05, 3.63) is 65.2 Å². The highest BCUT2D eigenvalue weighted by atomic mass is 32.2. The van der Waals surface area contributed by atoms with E-state index >= 15 is 0 Å². The van der Waals surface area contributed by atoms with Gasteiger partial charge in [-0.05, 0) is 31.0 Å². The molecule has 126 valence electrons. The molecule has 2 N–H and O–H groups in total. The quantitative estimate of drug-likeness (QED) is 0.462. The zero-order valence-electron chi connectivity index (χ0n) is 14.1. The second-order valence-corrected chi connectivity index (χ2v) is 6.34. The predicted octanol–water partition coefficient (Wildman–Crippen LogP) is 4.37. The second kappa shape index (κ2) is 9.78. The fourth-order valence-corrected chi connectivity index (χ4v) is 2.63. The number of nitrogens with two attached hydrogens (primary N) is 1. The zero-order chi connectivity index (χ0) is 17.2. The van der Waals surface area contributed by atoms with Gasteiger partial charge in [0.2, 0.25) is 0 Å². The van der Waals surface area contributed by atoms with Crippen molar-refractivity contribution < 1.29 is 4.74 Å². The molecule has 0 atom stereocenters. The van der Waals surface area contributed by atoms with Gasteiger partial charge in [0.05, 0.1) is 12.8 Å². The molecule has 0 aromatic heterocycles. The number of nitrogens with zero attached hydrogens (tertiary/aromatic N) is 2. The van der Waals surface area contributed by atoms with Gasteiger partial charge < -0.3 is 10.5 Å². The van der Waals surface area contributed by atoms with E-state index in [4.69, 9.17) is 10.5 Å². The Kier molecular flexibility index (Phi) is 7.36. The molecule has 24 heavy (non-hydrogen) atoms. The van der Waals surface area contributed by atoms with Gasteiger partial charge in [-0.1, -0.05) is 60.6 Å². The van der Waals surface area contributed by atoms with Crippen molar-refractivity contribution in [3.8, 4) is 5.75 Å². The lowest BCUT2D eigenvalue weighted by Gasteiger charge is -2.08. The summed E-state index contributed by atoms with van der Waals surface area (Å²) >= 11 is 1.47. The Morgan fingerprint density at radius 1 is 1.21 bits per heavy atom. The van der Waals surface area contributed by atoms with Crippen LogP contribution in [-0.4, -0.2) is 18.0 Å². The minimum Gasteiger partial charge on any atom is -0.493 e. The lowest BCUT2D eigenvalue weighted by Crippen LogP contribution is -2.06. The van der Waals surface area contributed by atoms with Crippen molar-refractivity contribution in [3.63, 3.8) is 0 Å². The third kappa shape index (κ3) is 6.08. The van der Waals surface area contributed by atoms with Crippen LogP contribution in [0.5, 0.6) is 5.75 Å². The maximum absolute atomic E-state index is 5.90. The number of benzene rings is 2. The lowest BCUT2D eigenvalue weighted by atomic mass is 10.1. The molecule has 0 aliphatic heterocycles. The summed E-state index contributed by atoms with van der Waals surface area (Å²) in [6.45, 7) is 4.80. The van der Waals surface area contributed by atoms with Crippen molar-refractivity contribution in [1.29, 1.82) is 0 Å². The van der Waals surface area contributed by atoms with Gasteiger partial charge in [0, 0.05) is 11.3 Å². The Hall–Kier alpha value is -2.27. The van der Waals surface area contributed by atoms with E-state index in [9.17, 15) is 0 Å². The van der Waals surface area contributed by atoms with Crippen LogP contribution < -0.4 is 10.5 Å². The van der Waals surface area contributed by atoms with Crippen LogP contribution in [0.4, 0.5) is 0 Å². The van der Waals surface area contributed by atoms with Gasteiger partial charge in [-0.3, -0.25) is 0 Å². The van der Waals surface area contributed by atoms with E-state index in [0.717, 1.165) is 29.1 Å². The summed E-state index contributed by atoms with van der Waals surface area (Å²) in [6.07, 6.45) is 2.65. The Balaban J connectivity index is 1.97. The molecule has 0 aliphatic rings. The number of amidine groups is 1. The first-order valence-corrected chi connectivity index (χ1v) is 8.94. The monoisotopic (exact) mass is 341 g/mol. The molecule has 0 aliphatic carbocycles. The molecule has 0 unspecified atom stereocenters. The summed E-state index contributed by atoms with van der Waals surface area (Å²) in [7, 11) is 0. The summed E-state index contributed by atoms with van der Waals surface area (Å²) in [4.78, 5) is 0. The van der Waals surface area contributed by atoms with Gasteiger partial charge in [-0.15, -0.1) is 5.10 Å². The number of rotatable bonds is 7. The van der Waals surface area contributed by atoms with Crippen LogP contribution in [0.2, 0.25) is 0 Å². The van der Waals surface area contributed by atoms with Crippen LogP contribution in [-0.2, 0) is 5.75 Å². The molecule has 4 nitrogen and oxygen atoms in total. The Morgan fingerprint density at radius 2 is 2.00 bits per heavy atom. The first-order valence-electron chi connectivity index (χ1n) is 7.95. The van der Waals surface area contributed by atoms with Gasteiger partial charge in [0.1, 0.15) is 5.75 Å². The summed E-state index contributed by atoms with van der Waals surface area (Å²) < 4.78 is 5.73. The highest BCUT2D eigenvalue weighted by molar-refractivity contribution is 8.13. The molecule has 0 heterocycles. The van der Waals surface area contributed by atoms with Gasteiger partial charge in [0.25, 0.3) is 0 Å². The Labute approximate surface area is 147 Å². The largest absolute Gasteiger partial charge is 0.493 e. The fourth-order valence-electron chi connectivity index (χ4n) is 2.02. The van der Waals surface area contributed by atoms with Crippen molar-refractivity contribution in [1.82, 2.24) is 0 Å². The first kappa shape index (κ1) is 18.1. The van der Waals surface area contributed by atoms with Gasteiger partial charge >= 0.3 is 0 Å². The number of aryl methyl sites for hydroxylation is 1. The van der Waals surface area contributed by atoms with E-state index in [2.05, 4.69) is 29.3 Å². The number of ether oxygens (including phenoxy) is 1. The van der Waals surface area contributed by atoms with E-state index in [0.29, 0.717) is 11.8 Å². The molecule has 0 bridgehead atoms. The normalized spacial score (nSPS) is 11.8. The van der Waals surface area contributed by atoms with Crippen LogP contribution >= 0.6 is 11.8 Å². The minimum atomic E-state index is 0.443. The van der Waals surface area contributed by atoms with E-state index in [1.165, 1.54) is 17.3 Å². The first-order chi connectivity index (χ1) is 11.7. The maximum Gasteiger partial charge on any atom is 0.180 e. The average molecular weight is 341 g/mol. The smallest absolute Gasteiger partial charge is 0.180 e. The van der Waals surface area contributed by atoms with Crippen LogP contribution in [0.1, 0.15) is 30.0 Å². The van der Waals surface area contributed by atoms with Crippen molar-refractivity contribution in [2.45, 2.75) is 26.0 Å². The maximum atomic E-state index is 5.90. The topological polar surface area (TPSA) is 60.0 Å². The predicted molar refractivity (Wildman–Crippen MR) is 104 cm³/mol. The van der Waals surface area contributed by atoms with Crippen LogP contribution in [0.25, 0.3) is 0 Å².